The van der Waals surface area contributed by atoms with E-state index in [0.29, 0.717) is 36.2 Å². The Labute approximate surface area is 147 Å². The molecule has 0 spiro atoms. The van der Waals surface area contributed by atoms with Gasteiger partial charge in [-0.05, 0) is 23.8 Å². The highest BCUT2D eigenvalue weighted by Crippen LogP contribution is 2.35. The topological polar surface area (TPSA) is 15.3 Å². The number of nitrogens with zero attached hydrogens (tertiary/aromatic N) is 1. The van der Waals surface area contributed by atoms with Gasteiger partial charge >= 0.3 is 6.18 Å². The van der Waals surface area contributed by atoms with Crippen LogP contribution in [-0.2, 0) is 0 Å². The van der Waals surface area contributed by atoms with Crippen LogP contribution in [0.25, 0.3) is 0 Å². The first-order valence-electron chi connectivity index (χ1n) is 6.33. The standard InChI is InChI=1S/C13H15BrF4N2.2ClH/c14-10-5-9(6-11(15)7-10)12(8-13(16,17)18)20-3-1-19-2-4-20;;/h5-7,12,19H,1-4,8H2;2*1H/t12-;;/m1../s1. The largest absolute Gasteiger partial charge is 0.390 e. The van der Waals surface area contributed by atoms with Gasteiger partial charge < -0.3 is 5.32 Å². The second-order valence-electron chi connectivity index (χ2n) is 4.82. The molecule has 0 amide bonds. The molecule has 0 bridgehead atoms. The molecule has 128 valence electrons. The molecular weight excluding hydrogens is 411 g/mol. The smallest absolute Gasteiger partial charge is 0.314 e. The van der Waals surface area contributed by atoms with E-state index in [1.165, 1.54) is 12.1 Å². The van der Waals surface area contributed by atoms with E-state index in [4.69, 9.17) is 0 Å². The second-order valence-corrected chi connectivity index (χ2v) is 5.74. The minimum atomic E-state index is -4.28. The van der Waals surface area contributed by atoms with Gasteiger partial charge in [0.15, 0.2) is 0 Å². The zero-order valence-electron chi connectivity index (χ0n) is 11.5. The monoisotopic (exact) mass is 426 g/mol. The lowest BCUT2D eigenvalue weighted by Gasteiger charge is -2.35. The molecule has 0 saturated carbocycles. The Hall–Kier alpha value is -0.0800. The van der Waals surface area contributed by atoms with Crippen LogP contribution in [0.3, 0.4) is 0 Å². The number of piperazine rings is 1. The summed E-state index contributed by atoms with van der Waals surface area (Å²) in [6.45, 7) is 2.33. The number of nitrogens with one attached hydrogen (secondary N) is 1. The molecule has 1 aliphatic rings. The predicted molar refractivity (Wildman–Crippen MR) is 86.5 cm³/mol. The quantitative estimate of drug-likeness (QED) is 0.722. The normalized spacial score (nSPS) is 17.3. The molecule has 0 aliphatic carbocycles. The zero-order chi connectivity index (χ0) is 14.8. The fourth-order valence-corrected chi connectivity index (χ4v) is 2.92. The second kappa shape index (κ2) is 9.27. The van der Waals surface area contributed by atoms with Crippen molar-refractivity contribution in [3.05, 3.63) is 34.1 Å². The van der Waals surface area contributed by atoms with Crippen molar-refractivity contribution in [2.45, 2.75) is 18.6 Å². The van der Waals surface area contributed by atoms with Crippen molar-refractivity contribution in [2.24, 2.45) is 0 Å². The molecule has 1 N–H and O–H groups in total. The number of halogens is 7. The molecule has 1 aromatic carbocycles. The third kappa shape index (κ3) is 6.58. The first-order chi connectivity index (χ1) is 9.35. The Bertz CT molecular complexity index is 448. The summed E-state index contributed by atoms with van der Waals surface area (Å²) in [6, 6.07) is 3.14. The molecule has 22 heavy (non-hydrogen) atoms. The molecule has 9 heteroatoms. The first kappa shape index (κ1) is 21.9. The van der Waals surface area contributed by atoms with Crippen molar-refractivity contribution in [3.63, 3.8) is 0 Å². The van der Waals surface area contributed by atoms with Crippen LogP contribution in [-0.4, -0.2) is 37.3 Å². The van der Waals surface area contributed by atoms with Crippen LogP contribution in [0, 0.1) is 5.82 Å². The summed E-state index contributed by atoms with van der Waals surface area (Å²) in [6.07, 6.45) is -5.25. The van der Waals surface area contributed by atoms with E-state index in [9.17, 15) is 17.6 Å². The summed E-state index contributed by atoms with van der Waals surface area (Å²) in [5.74, 6) is -0.531. The van der Waals surface area contributed by atoms with Gasteiger partial charge in [0.25, 0.3) is 0 Å². The first-order valence-corrected chi connectivity index (χ1v) is 7.12. The van der Waals surface area contributed by atoms with Gasteiger partial charge in [-0.25, -0.2) is 4.39 Å². The molecule has 1 heterocycles. The maximum absolute atomic E-state index is 13.4. The van der Waals surface area contributed by atoms with Crippen LogP contribution < -0.4 is 5.32 Å². The van der Waals surface area contributed by atoms with Crippen molar-refractivity contribution < 1.29 is 17.6 Å². The highest BCUT2D eigenvalue weighted by atomic mass is 79.9. The van der Waals surface area contributed by atoms with E-state index < -0.39 is 24.5 Å². The lowest BCUT2D eigenvalue weighted by atomic mass is 10.0. The maximum atomic E-state index is 13.4. The third-order valence-electron chi connectivity index (χ3n) is 3.29. The Morgan fingerprint density at radius 3 is 2.23 bits per heavy atom. The zero-order valence-corrected chi connectivity index (χ0v) is 14.7. The lowest BCUT2D eigenvalue weighted by Crippen LogP contribution is -2.46. The maximum Gasteiger partial charge on any atom is 0.390 e. The number of benzene rings is 1. The van der Waals surface area contributed by atoms with E-state index in [1.807, 2.05) is 0 Å². The Kier molecular flexibility index (Phi) is 9.24. The summed E-state index contributed by atoms with van der Waals surface area (Å²) in [4.78, 5) is 1.76. The lowest BCUT2D eigenvalue weighted by molar-refractivity contribution is -0.148. The summed E-state index contributed by atoms with van der Waals surface area (Å²) in [5, 5.41) is 3.10. The van der Waals surface area contributed by atoms with Crippen LogP contribution in [0.2, 0.25) is 0 Å². The van der Waals surface area contributed by atoms with Crippen LogP contribution in [0.4, 0.5) is 17.6 Å². The molecule has 2 nitrogen and oxygen atoms in total. The highest BCUT2D eigenvalue weighted by Gasteiger charge is 2.36. The van der Waals surface area contributed by atoms with Gasteiger partial charge in [-0.2, -0.15) is 13.2 Å². The van der Waals surface area contributed by atoms with Crippen LogP contribution in [0.1, 0.15) is 18.0 Å². The van der Waals surface area contributed by atoms with E-state index >= 15 is 0 Å². The number of hydrogen-bond acceptors (Lipinski definition) is 2. The summed E-state index contributed by atoms with van der Waals surface area (Å²) in [5.41, 5.74) is 0.358. The Morgan fingerprint density at radius 2 is 1.73 bits per heavy atom. The number of alkyl halides is 3. The van der Waals surface area contributed by atoms with Crippen LogP contribution in [0.15, 0.2) is 22.7 Å². The molecule has 0 radical (unpaired) electrons. The Balaban J connectivity index is 0.00000220. The average molecular weight is 428 g/mol. The molecule has 1 aromatic rings. The van der Waals surface area contributed by atoms with E-state index in [0.717, 1.165) is 0 Å². The number of rotatable bonds is 3. The fourth-order valence-electron chi connectivity index (χ4n) is 2.44. The van der Waals surface area contributed by atoms with E-state index in [2.05, 4.69) is 21.2 Å². The highest BCUT2D eigenvalue weighted by molar-refractivity contribution is 9.10. The minimum Gasteiger partial charge on any atom is -0.314 e. The summed E-state index contributed by atoms with van der Waals surface area (Å²) >= 11 is 3.13. The summed E-state index contributed by atoms with van der Waals surface area (Å²) in [7, 11) is 0. The van der Waals surface area contributed by atoms with Crippen molar-refractivity contribution in [1.82, 2.24) is 10.2 Å². The van der Waals surface area contributed by atoms with Gasteiger partial charge in [-0.3, -0.25) is 4.90 Å². The van der Waals surface area contributed by atoms with Gasteiger partial charge in [-0.15, -0.1) is 24.8 Å². The Morgan fingerprint density at radius 1 is 1.14 bits per heavy atom. The van der Waals surface area contributed by atoms with E-state index in [1.54, 1.807) is 11.0 Å². The van der Waals surface area contributed by atoms with Crippen molar-refractivity contribution in [2.75, 3.05) is 26.2 Å². The average Bonchev–Trinajstić information content (AvgIpc) is 2.35. The third-order valence-corrected chi connectivity index (χ3v) is 3.74. The molecule has 1 aliphatic heterocycles. The minimum absolute atomic E-state index is 0. The fraction of sp³-hybridized carbons (Fsp3) is 0.538. The van der Waals surface area contributed by atoms with Crippen LogP contribution in [0.5, 0.6) is 0 Å². The van der Waals surface area contributed by atoms with Gasteiger partial charge in [0.05, 0.1) is 6.42 Å². The molecule has 0 unspecified atom stereocenters. The molecule has 1 fully saturated rings. The molecule has 1 atom stereocenters. The number of hydrogen-bond donors (Lipinski definition) is 1. The molecule has 1 saturated heterocycles. The predicted octanol–water partition coefficient (Wildman–Crippen LogP) is 4.33. The van der Waals surface area contributed by atoms with Crippen molar-refractivity contribution in [1.29, 1.82) is 0 Å². The molecule has 2 rings (SSSR count). The van der Waals surface area contributed by atoms with Crippen molar-refractivity contribution in [3.8, 4) is 0 Å². The van der Waals surface area contributed by atoms with Crippen LogP contribution >= 0.6 is 40.7 Å². The van der Waals surface area contributed by atoms with Gasteiger partial charge in [0, 0.05) is 36.7 Å². The molecule has 0 aromatic heterocycles. The van der Waals surface area contributed by atoms with Gasteiger partial charge in [-0.1, -0.05) is 15.9 Å². The van der Waals surface area contributed by atoms with Gasteiger partial charge in [0.2, 0.25) is 0 Å². The molecular formula is C13H17BrCl2F4N2. The van der Waals surface area contributed by atoms with Crippen molar-refractivity contribution >= 4 is 40.7 Å². The summed E-state index contributed by atoms with van der Waals surface area (Å²) < 4.78 is 52.3. The van der Waals surface area contributed by atoms with Gasteiger partial charge in [0.1, 0.15) is 5.82 Å². The SMILES string of the molecule is Cl.Cl.Fc1cc(Br)cc([C@@H](CC(F)(F)F)N2CCNCC2)c1. The van der Waals surface area contributed by atoms with E-state index in [-0.39, 0.29) is 24.8 Å².